The molecule has 1 aromatic heterocycles. The van der Waals surface area contributed by atoms with Crippen molar-refractivity contribution in [2.45, 2.75) is 25.8 Å². The molecule has 7 heteroatoms. The van der Waals surface area contributed by atoms with Crippen molar-refractivity contribution in [3.8, 4) is 5.69 Å². The molecule has 0 fully saturated rings. The summed E-state index contributed by atoms with van der Waals surface area (Å²) in [4.78, 5) is 23.4. The van der Waals surface area contributed by atoms with Crippen molar-refractivity contribution in [2.24, 2.45) is 5.10 Å². The predicted molar refractivity (Wildman–Crippen MR) is 84.9 cm³/mol. The number of carbonyl (C=O) groups excluding carboxylic acids is 2. The number of aromatic nitrogens is 2. The molecule has 1 atom stereocenters. The largest absolute Gasteiger partial charge is 0.344 e. The van der Waals surface area contributed by atoms with Crippen LogP contribution in [0.4, 0.5) is 0 Å². The molecule has 2 heterocycles. The van der Waals surface area contributed by atoms with E-state index >= 15 is 0 Å². The highest BCUT2D eigenvalue weighted by atomic mass is 16.2. The second-order valence-corrected chi connectivity index (χ2v) is 5.30. The van der Waals surface area contributed by atoms with E-state index in [1.165, 1.54) is 0 Å². The maximum atomic E-state index is 12.3. The number of amides is 2. The Morgan fingerprint density at radius 2 is 2.13 bits per heavy atom. The lowest BCUT2D eigenvalue weighted by Gasteiger charge is -2.19. The van der Waals surface area contributed by atoms with Gasteiger partial charge in [0.05, 0.1) is 11.7 Å². The SMILES string of the molecule is C[C@@H](NC(=O)C1=NNC(=O)CC1)c1ccccc1-n1cccn1. The number of rotatable bonds is 4. The summed E-state index contributed by atoms with van der Waals surface area (Å²) in [6, 6.07) is 9.37. The van der Waals surface area contributed by atoms with Crippen LogP contribution >= 0.6 is 0 Å². The summed E-state index contributed by atoms with van der Waals surface area (Å²) >= 11 is 0. The van der Waals surface area contributed by atoms with Crippen LogP contribution in [0.1, 0.15) is 31.4 Å². The second kappa shape index (κ2) is 6.43. The first-order valence-electron chi connectivity index (χ1n) is 7.40. The summed E-state index contributed by atoms with van der Waals surface area (Å²) in [7, 11) is 0. The maximum absolute atomic E-state index is 12.3. The first kappa shape index (κ1) is 15.0. The van der Waals surface area contributed by atoms with Gasteiger partial charge in [0, 0.05) is 25.2 Å². The van der Waals surface area contributed by atoms with Gasteiger partial charge in [-0.3, -0.25) is 9.59 Å². The van der Waals surface area contributed by atoms with Crippen molar-refractivity contribution in [3.05, 3.63) is 48.3 Å². The zero-order valence-electron chi connectivity index (χ0n) is 12.7. The zero-order valence-corrected chi connectivity index (χ0v) is 12.7. The number of carbonyl (C=O) groups is 2. The van der Waals surface area contributed by atoms with Crippen molar-refractivity contribution < 1.29 is 9.59 Å². The molecular weight excluding hydrogens is 294 g/mol. The molecule has 2 N–H and O–H groups in total. The Bertz CT molecular complexity index is 752. The molecule has 0 aliphatic carbocycles. The van der Waals surface area contributed by atoms with Gasteiger partial charge in [-0.15, -0.1) is 0 Å². The number of benzene rings is 1. The third kappa shape index (κ3) is 3.28. The Balaban J connectivity index is 1.78. The highest BCUT2D eigenvalue weighted by Crippen LogP contribution is 2.21. The Morgan fingerprint density at radius 3 is 2.83 bits per heavy atom. The van der Waals surface area contributed by atoms with Crippen LogP contribution in [0.5, 0.6) is 0 Å². The highest BCUT2D eigenvalue weighted by Gasteiger charge is 2.21. The Labute approximate surface area is 133 Å². The van der Waals surface area contributed by atoms with Crippen LogP contribution < -0.4 is 10.7 Å². The second-order valence-electron chi connectivity index (χ2n) is 5.30. The molecule has 118 valence electrons. The van der Waals surface area contributed by atoms with E-state index in [2.05, 4.69) is 20.9 Å². The van der Waals surface area contributed by atoms with Gasteiger partial charge in [-0.05, 0) is 24.6 Å². The quantitative estimate of drug-likeness (QED) is 0.892. The predicted octanol–water partition coefficient (Wildman–Crippen LogP) is 1.32. The number of hydrogen-bond donors (Lipinski definition) is 2. The van der Waals surface area contributed by atoms with Crippen molar-refractivity contribution in [2.75, 3.05) is 0 Å². The van der Waals surface area contributed by atoms with Gasteiger partial charge in [-0.2, -0.15) is 10.2 Å². The van der Waals surface area contributed by atoms with Crippen LogP contribution in [0.2, 0.25) is 0 Å². The van der Waals surface area contributed by atoms with E-state index in [1.807, 2.05) is 43.5 Å². The van der Waals surface area contributed by atoms with Crippen molar-refractivity contribution in [1.29, 1.82) is 0 Å². The molecule has 2 aromatic rings. The molecule has 0 saturated carbocycles. The smallest absolute Gasteiger partial charge is 0.267 e. The molecule has 0 bridgehead atoms. The van der Waals surface area contributed by atoms with Crippen LogP contribution in [0.15, 0.2) is 47.8 Å². The van der Waals surface area contributed by atoms with Gasteiger partial charge in [-0.25, -0.2) is 10.1 Å². The number of nitrogens with zero attached hydrogens (tertiary/aromatic N) is 3. The molecule has 23 heavy (non-hydrogen) atoms. The average Bonchev–Trinajstić information content (AvgIpc) is 3.09. The zero-order chi connectivity index (χ0) is 16.2. The minimum Gasteiger partial charge on any atom is -0.344 e. The first-order chi connectivity index (χ1) is 11.1. The van der Waals surface area contributed by atoms with Crippen molar-refractivity contribution in [1.82, 2.24) is 20.5 Å². The molecule has 2 amide bonds. The fraction of sp³-hybridized carbons (Fsp3) is 0.250. The van der Waals surface area contributed by atoms with Gasteiger partial charge in [-0.1, -0.05) is 18.2 Å². The summed E-state index contributed by atoms with van der Waals surface area (Å²) in [6.07, 6.45) is 4.20. The number of hydrogen-bond acceptors (Lipinski definition) is 4. The molecule has 0 unspecified atom stereocenters. The van der Waals surface area contributed by atoms with Crippen LogP contribution in [-0.2, 0) is 9.59 Å². The summed E-state index contributed by atoms with van der Waals surface area (Å²) in [5.74, 6) is -0.439. The number of nitrogens with one attached hydrogen (secondary N) is 2. The van der Waals surface area contributed by atoms with Crippen LogP contribution in [0, 0.1) is 0 Å². The third-order valence-corrected chi connectivity index (χ3v) is 3.67. The van der Waals surface area contributed by atoms with Crippen LogP contribution in [-0.4, -0.2) is 27.3 Å². The standard InChI is InChI=1S/C16H17N5O2/c1-11(18-16(23)13-7-8-15(22)20-19-13)12-5-2-3-6-14(12)21-10-4-9-17-21/h2-6,9-11H,7-8H2,1H3,(H,18,23)(H,20,22)/t11-/m1/s1. The van der Waals surface area contributed by atoms with E-state index in [-0.39, 0.29) is 24.3 Å². The Kier molecular flexibility index (Phi) is 4.18. The van der Waals surface area contributed by atoms with Gasteiger partial charge in [0.15, 0.2) is 0 Å². The minimum absolute atomic E-state index is 0.168. The van der Waals surface area contributed by atoms with E-state index < -0.39 is 0 Å². The molecule has 0 radical (unpaired) electrons. The van der Waals surface area contributed by atoms with E-state index in [4.69, 9.17) is 0 Å². The Morgan fingerprint density at radius 1 is 1.30 bits per heavy atom. The minimum atomic E-state index is -0.271. The number of para-hydroxylation sites is 1. The third-order valence-electron chi connectivity index (χ3n) is 3.67. The monoisotopic (exact) mass is 311 g/mol. The summed E-state index contributed by atoms with van der Waals surface area (Å²) in [6.45, 7) is 1.90. The molecular formula is C16H17N5O2. The number of hydrazone groups is 1. The van der Waals surface area contributed by atoms with Gasteiger partial charge >= 0.3 is 0 Å². The van der Waals surface area contributed by atoms with Crippen molar-refractivity contribution >= 4 is 17.5 Å². The van der Waals surface area contributed by atoms with Crippen molar-refractivity contribution in [3.63, 3.8) is 0 Å². The normalized spacial score (nSPS) is 15.5. The molecule has 1 aromatic carbocycles. The molecule has 0 spiro atoms. The lowest BCUT2D eigenvalue weighted by molar-refractivity contribution is -0.121. The molecule has 7 nitrogen and oxygen atoms in total. The summed E-state index contributed by atoms with van der Waals surface area (Å²) in [5, 5.41) is 11.0. The van der Waals surface area contributed by atoms with E-state index in [0.29, 0.717) is 12.1 Å². The van der Waals surface area contributed by atoms with Crippen LogP contribution in [0.25, 0.3) is 5.69 Å². The lowest BCUT2D eigenvalue weighted by atomic mass is 10.1. The fourth-order valence-electron chi connectivity index (χ4n) is 2.47. The topological polar surface area (TPSA) is 88.4 Å². The first-order valence-corrected chi connectivity index (χ1v) is 7.40. The highest BCUT2D eigenvalue weighted by molar-refractivity contribution is 6.39. The molecule has 1 aliphatic heterocycles. The maximum Gasteiger partial charge on any atom is 0.267 e. The van der Waals surface area contributed by atoms with Gasteiger partial charge < -0.3 is 5.32 Å². The molecule has 3 rings (SSSR count). The average molecular weight is 311 g/mol. The van der Waals surface area contributed by atoms with Gasteiger partial charge in [0.1, 0.15) is 5.71 Å². The fourth-order valence-corrected chi connectivity index (χ4v) is 2.47. The summed E-state index contributed by atoms with van der Waals surface area (Å²) < 4.78 is 1.76. The summed E-state index contributed by atoms with van der Waals surface area (Å²) in [5.41, 5.74) is 4.53. The van der Waals surface area contributed by atoms with E-state index in [0.717, 1.165) is 11.3 Å². The van der Waals surface area contributed by atoms with E-state index in [1.54, 1.807) is 10.9 Å². The van der Waals surface area contributed by atoms with E-state index in [9.17, 15) is 9.59 Å². The molecule has 0 saturated heterocycles. The van der Waals surface area contributed by atoms with Gasteiger partial charge in [0.25, 0.3) is 5.91 Å². The lowest BCUT2D eigenvalue weighted by Crippen LogP contribution is -2.38. The molecule has 1 aliphatic rings. The van der Waals surface area contributed by atoms with Crippen LogP contribution in [0.3, 0.4) is 0 Å². The van der Waals surface area contributed by atoms with Gasteiger partial charge in [0.2, 0.25) is 5.91 Å². The Hall–Kier alpha value is -2.96.